The van der Waals surface area contributed by atoms with Crippen molar-refractivity contribution in [3.05, 3.63) is 0 Å². The lowest BCUT2D eigenvalue weighted by molar-refractivity contribution is -0.208. The number of carbonyl (C=O) groups excluding carboxylic acids is 2. The molecule has 0 aromatic rings. The Hall–Kier alpha value is -0.850. The topological polar surface area (TPSA) is 52.6 Å². The number of thioether (sulfide) groups is 2. The van der Waals surface area contributed by atoms with E-state index in [-0.39, 0.29) is 27.1 Å². The van der Waals surface area contributed by atoms with Crippen molar-refractivity contribution in [2.75, 3.05) is 19.0 Å². The first-order valence-electron chi connectivity index (χ1n) is 11.0. The first-order chi connectivity index (χ1) is 15.5. The highest BCUT2D eigenvalue weighted by atomic mass is 32.2. The van der Waals surface area contributed by atoms with E-state index in [9.17, 15) is 40.3 Å². The second kappa shape index (κ2) is 8.62. The van der Waals surface area contributed by atoms with Crippen molar-refractivity contribution in [2.45, 2.75) is 72.8 Å². The summed E-state index contributed by atoms with van der Waals surface area (Å²) in [5, 5.41) is -0.366. The van der Waals surface area contributed by atoms with Gasteiger partial charge in [0.15, 0.2) is 6.61 Å². The molecule has 0 N–H and O–H groups in total. The number of hydrogen-bond donors (Lipinski definition) is 0. The van der Waals surface area contributed by atoms with Crippen molar-refractivity contribution in [1.82, 2.24) is 0 Å². The second-order valence-electron chi connectivity index (χ2n) is 10.1. The highest BCUT2D eigenvalue weighted by Gasteiger charge is 2.67. The number of carbonyl (C=O) groups is 2. The monoisotopic (exact) mass is 538 g/mol. The molecule has 4 saturated carbocycles. The summed E-state index contributed by atoms with van der Waals surface area (Å²) in [6.07, 6.45) is -4.47. The van der Waals surface area contributed by atoms with Crippen molar-refractivity contribution >= 4 is 35.5 Å². The van der Waals surface area contributed by atoms with E-state index in [1.165, 1.54) is 11.8 Å². The van der Waals surface area contributed by atoms with Gasteiger partial charge in [-0.3, -0.25) is 4.79 Å². The summed E-state index contributed by atoms with van der Waals surface area (Å²) in [6.45, 7) is -0.700. The fraction of sp³-hybridized carbons (Fsp3) is 0.905. The average Bonchev–Trinajstić information content (AvgIpc) is 3.10. The SMILES string of the molecule is CC(F)(F)COC(=O)C12CC3CC(C1)C1(SCC(COC(=O)C(F)(F)CC(F)(F)F)S1)C(C3)C2. The summed E-state index contributed by atoms with van der Waals surface area (Å²) in [6, 6.07) is 0. The smallest absolute Gasteiger partial charge is 0.395 e. The maximum atomic E-state index is 13.5. The van der Waals surface area contributed by atoms with Crippen LogP contribution in [0.2, 0.25) is 0 Å². The Balaban J connectivity index is 1.37. The highest BCUT2D eigenvalue weighted by molar-refractivity contribution is 8.21. The van der Waals surface area contributed by atoms with E-state index in [1.807, 2.05) is 0 Å². The van der Waals surface area contributed by atoms with E-state index in [0.29, 0.717) is 31.9 Å². The van der Waals surface area contributed by atoms with Gasteiger partial charge in [-0.25, -0.2) is 13.6 Å². The maximum Gasteiger partial charge on any atom is 0.395 e. The standard InChI is InChI=1S/C21H25F7O4S2/c1-17(22,23)10-32-15(29)18-4-11-2-12(5-18)21(13(3-11)6-18)33-8-14(34-21)7-31-16(30)19(24,25)9-20(26,27)28/h11-14H,2-10H2,1H3. The number of ether oxygens (including phenoxy) is 2. The average molecular weight is 539 g/mol. The Labute approximate surface area is 200 Å². The fourth-order valence-electron chi connectivity index (χ4n) is 6.18. The van der Waals surface area contributed by atoms with Crippen molar-refractivity contribution in [1.29, 1.82) is 0 Å². The summed E-state index contributed by atoms with van der Waals surface area (Å²) in [4.78, 5) is 24.4. The molecule has 1 saturated heterocycles. The van der Waals surface area contributed by atoms with Gasteiger partial charge in [0.1, 0.15) is 13.0 Å². The van der Waals surface area contributed by atoms with E-state index in [0.717, 1.165) is 12.8 Å². The Morgan fingerprint density at radius 3 is 2.15 bits per heavy atom. The Bertz CT molecular complexity index is 813. The highest BCUT2D eigenvalue weighted by Crippen LogP contribution is 2.73. The first-order valence-corrected chi connectivity index (χ1v) is 12.9. The normalized spacial score (nSPS) is 37.3. The molecule has 13 heteroatoms. The Kier molecular flexibility index (Phi) is 6.65. The number of alkyl halides is 7. The zero-order chi connectivity index (χ0) is 25.2. The summed E-state index contributed by atoms with van der Waals surface area (Å²) >= 11 is 3.11. The lowest BCUT2D eigenvalue weighted by Crippen LogP contribution is -2.60. The Morgan fingerprint density at radius 1 is 0.971 bits per heavy atom. The second-order valence-corrected chi connectivity index (χ2v) is 13.3. The molecule has 5 fully saturated rings. The van der Waals surface area contributed by atoms with Gasteiger partial charge in [0.05, 0.1) is 9.49 Å². The van der Waals surface area contributed by atoms with Gasteiger partial charge >= 0.3 is 24.0 Å². The predicted molar refractivity (Wildman–Crippen MR) is 111 cm³/mol. The quantitative estimate of drug-likeness (QED) is 0.307. The molecule has 0 radical (unpaired) electrons. The van der Waals surface area contributed by atoms with Crippen molar-refractivity contribution < 1.29 is 49.8 Å². The van der Waals surface area contributed by atoms with Crippen LogP contribution in [0.4, 0.5) is 30.7 Å². The minimum absolute atomic E-state index is 0.0795. The van der Waals surface area contributed by atoms with Gasteiger partial charge in [0, 0.05) is 17.9 Å². The van der Waals surface area contributed by atoms with Gasteiger partial charge in [0.2, 0.25) is 0 Å². The summed E-state index contributed by atoms with van der Waals surface area (Å²) in [5.41, 5.74) is -0.793. The lowest BCUT2D eigenvalue weighted by Gasteiger charge is -2.62. The predicted octanol–water partition coefficient (Wildman–Crippen LogP) is 5.69. The zero-order valence-electron chi connectivity index (χ0n) is 18.3. The number of halogens is 7. The molecule has 4 nitrogen and oxygen atoms in total. The van der Waals surface area contributed by atoms with E-state index >= 15 is 0 Å². The molecular weight excluding hydrogens is 513 g/mol. The number of hydrogen-bond acceptors (Lipinski definition) is 6. The van der Waals surface area contributed by atoms with Gasteiger partial charge in [-0.05, 0) is 49.9 Å². The minimum Gasteiger partial charge on any atom is -0.460 e. The van der Waals surface area contributed by atoms with Gasteiger partial charge in [0.25, 0.3) is 5.92 Å². The molecule has 3 unspecified atom stereocenters. The van der Waals surface area contributed by atoms with Crippen molar-refractivity contribution in [3.8, 4) is 0 Å². The van der Waals surface area contributed by atoms with Crippen LogP contribution in [-0.4, -0.2) is 58.3 Å². The van der Waals surface area contributed by atoms with Crippen LogP contribution in [-0.2, 0) is 19.1 Å². The van der Waals surface area contributed by atoms with Crippen LogP contribution < -0.4 is 0 Å². The van der Waals surface area contributed by atoms with Crippen LogP contribution in [0.3, 0.4) is 0 Å². The van der Waals surface area contributed by atoms with E-state index in [1.54, 1.807) is 11.8 Å². The van der Waals surface area contributed by atoms with Crippen LogP contribution in [0, 0.1) is 23.2 Å². The third kappa shape index (κ3) is 5.15. The largest absolute Gasteiger partial charge is 0.460 e. The molecule has 194 valence electrons. The van der Waals surface area contributed by atoms with Gasteiger partial charge < -0.3 is 9.47 Å². The summed E-state index contributed by atoms with van der Waals surface area (Å²) in [5.74, 6) is -9.62. The molecule has 5 aliphatic rings. The summed E-state index contributed by atoms with van der Waals surface area (Å²) < 4.78 is 99.6. The molecule has 3 atom stereocenters. The van der Waals surface area contributed by atoms with Crippen LogP contribution in [0.1, 0.15) is 45.4 Å². The molecule has 1 aliphatic heterocycles. The van der Waals surface area contributed by atoms with Crippen molar-refractivity contribution in [2.24, 2.45) is 23.2 Å². The first kappa shape index (κ1) is 26.2. The lowest BCUT2D eigenvalue weighted by atomic mass is 9.49. The molecule has 4 bridgehead atoms. The molecule has 1 heterocycles. The van der Waals surface area contributed by atoms with Gasteiger partial charge in [-0.1, -0.05) is 0 Å². The molecule has 0 aromatic heterocycles. The Morgan fingerprint density at radius 2 is 1.59 bits per heavy atom. The third-order valence-electron chi connectivity index (χ3n) is 7.18. The molecule has 0 aromatic carbocycles. The molecule has 34 heavy (non-hydrogen) atoms. The summed E-state index contributed by atoms with van der Waals surface area (Å²) in [7, 11) is 0. The van der Waals surface area contributed by atoms with Crippen LogP contribution in [0.5, 0.6) is 0 Å². The fourth-order valence-corrected chi connectivity index (χ4v) is 10.3. The molecule has 0 amide bonds. The molecule has 5 rings (SSSR count). The number of rotatable bonds is 7. The van der Waals surface area contributed by atoms with Crippen molar-refractivity contribution in [3.63, 3.8) is 0 Å². The minimum atomic E-state index is -5.20. The molecular formula is C21H25F7O4S2. The molecule has 1 spiro atoms. The molecule has 4 aliphatic carbocycles. The van der Waals surface area contributed by atoms with E-state index in [4.69, 9.17) is 4.74 Å². The van der Waals surface area contributed by atoms with E-state index < -0.39 is 55.0 Å². The third-order valence-corrected chi connectivity index (χ3v) is 11.4. The number of esters is 2. The van der Waals surface area contributed by atoms with Crippen LogP contribution in [0.15, 0.2) is 0 Å². The maximum absolute atomic E-state index is 13.5. The van der Waals surface area contributed by atoms with Gasteiger partial charge in [-0.2, -0.15) is 22.0 Å². The van der Waals surface area contributed by atoms with E-state index in [2.05, 4.69) is 4.74 Å². The van der Waals surface area contributed by atoms with Crippen LogP contribution in [0.25, 0.3) is 0 Å². The van der Waals surface area contributed by atoms with Gasteiger partial charge in [-0.15, -0.1) is 23.5 Å². The zero-order valence-corrected chi connectivity index (χ0v) is 19.9. The van der Waals surface area contributed by atoms with Crippen LogP contribution >= 0.6 is 23.5 Å².